The second-order valence-electron chi connectivity index (χ2n) is 5.09. The van der Waals surface area contributed by atoms with Gasteiger partial charge in [0.1, 0.15) is 0 Å². The Bertz CT molecular complexity index is 448. The molecule has 1 unspecified atom stereocenters. The van der Waals surface area contributed by atoms with Crippen LogP contribution in [0.2, 0.25) is 0 Å². The SMILES string of the molecule is CCOC1CCCN(CC(=O)Nc2ccccc2N)C1. The van der Waals surface area contributed by atoms with E-state index in [0.717, 1.165) is 32.5 Å². The molecular formula is C15H23N3O2. The summed E-state index contributed by atoms with van der Waals surface area (Å²) in [6.07, 6.45) is 2.41. The molecule has 1 heterocycles. The minimum Gasteiger partial charge on any atom is -0.397 e. The molecule has 110 valence electrons. The average Bonchev–Trinajstić information content (AvgIpc) is 2.42. The molecule has 0 aliphatic carbocycles. The summed E-state index contributed by atoms with van der Waals surface area (Å²) < 4.78 is 5.64. The highest BCUT2D eigenvalue weighted by molar-refractivity contribution is 5.95. The first-order valence-electron chi connectivity index (χ1n) is 7.17. The van der Waals surface area contributed by atoms with E-state index < -0.39 is 0 Å². The lowest BCUT2D eigenvalue weighted by Gasteiger charge is -2.31. The Morgan fingerprint density at radius 1 is 1.50 bits per heavy atom. The fourth-order valence-electron chi connectivity index (χ4n) is 2.53. The highest BCUT2D eigenvalue weighted by atomic mass is 16.5. The van der Waals surface area contributed by atoms with Crippen LogP contribution in [0.15, 0.2) is 24.3 Å². The van der Waals surface area contributed by atoms with Crippen LogP contribution in [0.5, 0.6) is 0 Å². The third-order valence-electron chi connectivity index (χ3n) is 3.47. The summed E-state index contributed by atoms with van der Waals surface area (Å²) in [5, 5.41) is 2.86. The van der Waals surface area contributed by atoms with E-state index in [2.05, 4.69) is 10.2 Å². The predicted octanol–water partition coefficient (Wildman–Crippen LogP) is 1.71. The van der Waals surface area contributed by atoms with Crippen molar-refractivity contribution >= 4 is 17.3 Å². The van der Waals surface area contributed by atoms with Gasteiger partial charge in [0.25, 0.3) is 0 Å². The number of benzene rings is 1. The maximum Gasteiger partial charge on any atom is 0.238 e. The molecule has 1 aromatic rings. The molecule has 1 atom stereocenters. The zero-order valence-electron chi connectivity index (χ0n) is 12.0. The largest absolute Gasteiger partial charge is 0.397 e. The van der Waals surface area contributed by atoms with E-state index in [0.29, 0.717) is 17.9 Å². The van der Waals surface area contributed by atoms with Gasteiger partial charge in [0.2, 0.25) is 5.91 Å². The lowest BCUT2D eigenvalue weighted by molar-refractivity contribution is -0.118. The molecule has 0 saturated carbocycles. The van der Waals surface area contributed by atoms with Crippen LogP contribution < -0.4 is 11.1 Å². The number of hydrogen-bond acceptors (Lipinski definition) is 4. The van der Waals surface area contributed by atoms with E-state index in [4.69, 9.17) is 10.5 Å². The number of nitrogens with one attached hydrogen (secondary N) is 1. The summed E-state index contributed by atoms with van der Waals surface area (Å²) in [5.74, 6) is -0.0277. The van der Waals surface area contributed by atoms with Crippen LogP contribution in [0.3, 0.4) is 0 Å². The number of nitrogens with two attached hydrogens (primary N) is 1. The summed E-state index contributed by atoms with van der Waals surface area (Å²) in [5.41, 5.74) is 7.08. The van der Waals surface area contributed by atoms with Gasteiger partial charge in [-0.05, 0) is 38.4 Å². The first-order chi connectivity index (χ1) is 9.69. The van der Waals surface area contributed by atoms with Crippen LogP contribution in [0, 0.1) is 0 Å². The number of nitrogens with zero attached hydrogens (tertiary/aromatic N) is 1. The Kier molecular flexibility index (Phi) is 5.38. The molecule has 5 nitrogen and oxygen atoms in total. The molecule has 1 amide bonds. The normalized spacial score (nSPS) is 19.8. The summed E-state index contributed by atoms with van der Waals surface area (Å²) in [6.45, 7) is 4.89. The van der Waals surface area contributed by atoms with Gasteiger partial charge in [-0.3, -0.25) is 9.69 Å². The number of nitrogen functional groups attached to an aromatic ring is 1. The van der Waals surface area contributed by atoms with E-state index in [1.54, 1.807) is 6.07 Å². The number of para-hydroxylation sites is 2. The second kappa shape index (κ2) is 7.26. The van der Waals surface area contributed by atoms with Crippen molar-refractivity contribution in [3.8, 4) is 0 Å². The standard InChI is InChI=1S/C15H23N3O2/c1-2-20-12-6-5-9-18(10-12)11-15(19)17-14-8-4-3-7-13(14)16/h3-4,7-8,12H,2,5-6,9-11,16H2,1H3,(H,17,19). The fourth-order valence-corrected chi connectivity index (χ4v) is 2.53. The van der Waals surface area contributed by atoms with Crippen LogP contribution in [0.1, 0.15) is 19.8 Å². The van der Waals surface area contributed by atoms with Crippen molar-refractivity contribution in [3.05, 3.63) is 24.3 Å². The minimum absolute atomic E-state index is 0.0277. The zero-order chi connectivity index (χ0) is 14.4. The number of amides is 1. The van der Waals surface area contributed by atoms with E-state index in [-0.39, 0.29) is 12.0 Å². The number of hydrogen-bond donors (Lipinski definition) is 2. The van der Waals surface area contributed by atoms with Crippen LogP contribution >= 0.6 is 0 Å². The number of carbonyl (C=O) groups is 1. The van der Waals surface area contributed by atoms with Crippen molar-refractivity contribution in [2.24, 2.45) is 0 Å². The zero-order valence-corrected chi connectivity index (χ0v) is 12.0. The number of carbonyl (C=O) groups excluding carboxylic acids is 1. The molecule has 2 rings (SSSR count). The molecular weight excluding hydrogens is 254 g/mol. The van der Waals surface area contributed by atoms with Crippen LogP contribution in [-0.2, 0) is 9.53 Å². The fraction of sp³-hybridized carbons (Fsp3) is 0.533. The molecule has 0 bridgehead atoms. The van der Waals surface area contributed by atoms with Crippen molar-refractivity contribution in [3.63, 3.8) is 0 Å². The van der Waals surface area contributed by atoms with Crippen molar-refractivity contribution in [2.45, 2.75) is 25.9 Å². The predicted molar refractivity (Wildman–Crippen MR) is 80.6 cm³/mol. The van der Waals surface area contributed by atoms with Crippen molar-refractivity contribution in [1.29, 1.82) is 0 Å². The topological polar surface area (TPSA) is 67.6 Å². The Balaban J connectivity index is 1.84. The summed E-state index contributed by atoms with van der Waals surface area (Å²) >= 11 is 0. The Morgan fingerprint density at radius 3 is 3.05 bits per heavy atom. The lowest BCUT2D eigenvalue weighted by Crippen LogP contribution is -2.43. The van der Waals surface area contributed by atoms with Crippen molar-refractivity contribution in [2.75, 3.05) is 37.3 Å². The van der Waals surface area contributed by atoms with Crippen molar-refractivity contribution in [1.82, 2.24) is 4.90 Å². The van der Waals surface area contributed by atoms with Gasteiger partial charge in [0.15, 0.2) is 0 Å². The van der Waals surface area contributed by atoms with Gasteiger partial charge in [0.05, 0.1) is 24.0 Å². The third-order valence-corrected chi connectivity index (χ3v) is 3.47. The van der Waals surface area contributed by atoms with Gasteiger partial charge in [0, 0.05) is 13.2 Å². The quantitative estimate of drug-likeness (QED) is 0.804. The highest BCUT2D eigenvalue weighted by Crippen LogP contribution is 2.17. The maximum atomic E-state index is 12.0. The molecule has 1 aliphatic rings. The third kappa shape index (κ3) is 4.21. The van der Waals surface area contributed by atoms with Crippen molar-refractivity contribution < 1.29 is 9.53 Å². The van der Waals surface area contributed by atoms with Gasteiger partial charge < -0.3 is 15.8 Å². The molecule has 0 spiro atoms. The molecule has 20 heavy (non-hydrogen) atoms. The van der Waals surface area contributed by atoms with Gasteiger partial charge in [-0.2, -0.15) is 0 Å². The number of rotatable bonds is 5. The van der Waals surface area contributed by atoms with E-state index >= 15 is 0 Å². The van der Waals surface area contributed by atoms with E-state index in [1.165, 1.54) is 0 Å². The Morgan fingerprint density at radius 2 is 2.30 bits per heavy atom. The Hall–Kier alpha value is -1.59. The van der Waals surface area contributed by atoms with Gasteiger partial charge in [-0.25, -0.2) is 0 Å². The highest BCUT2D eigenvalue weighted by Gasteiger charge is 2.21. The molecule has 5 heteroatoms. The molecule has 3 N–H and O–H groups in total. The second-order valence-corrected chi connectivity index (χ2v) is 5.09. The number of piperidine rings is 1. The van der Waals surface area contributed by atoms with E-state index in [9.17, 15) is 4.79 Å². The summed E-state index contributed by atoms with van der Waals surface area (Å²) in [7, 11) is 0. The lowest BCUT2D eigenvalue weighted by atomic mass is 10.1. The Labute approximate surface area is 120 Å². The number of likely N-dealkylation sites (tertiary alicyclic amines) is 1. The number of anilines is 2. The molecule has 1 aliphatic heterocycles. The monoisotopic (exact) mass is 277 g/mol. The average molecular weight is 277 g/mol. The van der Waals surface area contributed by atoms with Gasteiger partial charge >= 0.3 is 0 Å². The van der Waals surface area contributed by atoms with Crippen LogP contribution in [0.25, 0.3) is 0 Å². The first-order valence-corrected chi connectivity index (χ1v) is 7.17. The van der Waals surface area contributed by atoms with Gasteiger partial charge in [-0.1, -0.05) is 12.1 Å². The molecule has 1 fully saturated rings. The molecule has 1 saturated heterocycles. The number of ether oxygens (including phenoxy) is 1. The van der Waals surface area contributed by atoms with Crippen LogP contribution in [-0.4, -0.2) is 43.2 Å². The first kappa shape index (κ1) is 14.8. The van der Waals surface area contributed by atoms with Crippen LogP contribution in [0.4, 0.5) is 11.4 Å². The smallest absolute Gasteiger partial charge is 0.238 e. The summed E-state index contributed by atoms with van der Waals surface area (Å²) in [6, 6.07) is 7.30. The minimum atomic E-state index is -0.0277. The van der Waals surface area contributed by atoms with Gasteiger partial charge in [-0.15, -0.1) is 0 Å². The summed E-state index contributed by atoms with van der Waals surface area (Å²) in [4.78, 5) is 14.2. The van der Waals surface area contributed by atoms with E-state index in [1.807, 2.05) is 25.1 Å². The molecule has 0 aromatic heterocycles. The molecule has 1 aromatic carbocycles. The maximum absolute atomic E-state index is 12.0. The molecule has 0 radical (unpaired) electrons.